The Hall–Kier alpha value is -3.23. The number of carbonyl (C=O) groups is 1. The van der Waals surface area contributed by atoms with Gasteiger partial charge < -0.3 is 10.1 Å². The standard InChI is InChI=1S/C25H24N4O2S2/c1-2-31-22-16-10-9-15-21(22)26-24(30)18-33-25-28-27-23(17-32-20-13-7-4-8-14-20)29(25)19-11-5-3-6-12-19/h3-16H,2,17-18H2,1H3,(H,26,30). The Morgan fingerprint density at radius 1 is 0.909 bits per heavy atom. The van der Waals surface area contributed by atoms with Crippen molar-refractivity contribution in [2.24, 2.45) is 0 Å². The summed E-state index contributed by atoms with van der Waals surface area (Å²) in [6, 6.07) is 27.6. The Balaban J connectivity index is 1.48. The number of amides is 1. The second-order valence-corrected chi connectivity index (χ2v) is 8.93. The van der Waals surface area contributed by atoms with Crippen molar-refractivity contribution in [2.45, 2.75) is 22.7 Å². The van der Waals surface area contributed by atoms with Crippen LogP contribution in [0.2, 0.25) is 0 Å². The Kier molecular flexibility index (Phi) is 8.05. The predicted molar refractivity (Wildman–Crippen MR) is 134 cm³/mol. The smallest absolute Gasteiger partial charge is 0.234 e. The van der Waals surface area contributed by atoms with Crippen molar-refractivity contribution in [1.82, 2.24) is 14.8 Å². The maximum Gasteiger partial charge on any atom is 0.234 e. The molecule has 0 saturated carbocycles. The van der Waals surface area contributed by atoms with Gasteiger partial charge >= 0.3 is 0 Å². The van der Waals surface area contributed by atoms with E-state index < -0.39 is 0 Å². The second kappa shape index (κ2) is 11.6. The molecule has 0 radical (unpaired) electrons. The monoisotopic (exact) mass is 476 g/mol. The SMILES string of the molecule is CCOc1ccccc1NC(=O)CSc1nnc(CSc2ccccc2)n1-c1ccccc1. The molecule has 3 aromatic carbocycles. The lowest BCUT2D eigenvalue weighted by atomic mass is 10.3. The van der Waals surface area contributed by atoms with Crippen molar-refractivity contribution in [3.05, 3.63) is 90.8 Å². The summed E-state index contributed by atoms with van der Waals surface area (Å²) in [4.78, 5) is 13.8. The summed E-state index contributed by atoms with van der Waals surface area (Å²) in [6.07, 6.45) is 0. The van der Waals surface area contributed by atoms with Gasteiger partial charge in [0.05, 0.1) is 23.8 Å². The minimum atomic E-state index is -0.130. The quantitative estimate of drug-likeness (QED) is 0.297. The molecule has 0 aliphatic rings. The minimum Gasteiger partial charge on any atom is -0.492 e. The van der Waals surface area contributed by atoms with Crippen LogP contribution in [-0.2, 0) is 10.5 Å². The van der Waals surface area contributed by atoms with E-state index in [1.807, 2.05) is 84.3 Å². The van der Waals surface area contributed by atoms with Crippen LogP contribution >= 0.6 is 23.5 Å². The zero-order chi connectivity index (χ0) is 22.9. The number of hydrogen-bond donors (Lipinski definition) is 1. The van der Waals surface area contributed by atoms with E-state index in [9.17, 15) is 4.79 Å². The fourth-order valence-corrected chi connectivity index (χ4v) is 4.76. The maximum absolute atomic E-state index is 12.7. The van der Waals surface area contributed by atoms with Gasteiger partial charge in [0.15, 0.2) is 5.16 Å². The van der Waals surface area contributed by atoms with Gasteiger partial charge in [-0.2, -0.15) is 0 Å². The Morgan fingerprint density at radius 3 is 2.36 bits per heavy atom. The fourth-order valence-electron chi connectivity index (χ4n) is 3.16. The van der Waals surface area contributed by atoms with Crippen molar-refractivity contribution in [3.8, 4) is 11.4 Å². The highest BCUT2D eigenvalue weighted by Crippen LogP contribution is 2.28. The van der Waals surface area contributed by atoms with Gasteiger partial charge in [0.1, 0.15) is 11.6 Å². The lowest BCUT2D eigenvalue weighted by molar-refractivity contribution is -0.113. The topological polar surface area (TPSA) is 69.0 Å². The summed E-state index contributed by atoms with van der Waals surface area (Å²) < 4.78 is 7.61. The molecule has 1 amide bonds. The number of nitrogens with one attached hydrogen (secondary N) is 1. The summed E-state index contributed by atoms with van der Waals surface area (Å²) in [7, 11) is 0. The average Bonchev–Trinajstić information content (AvgIpc) is 3.27. The van der Waals surface area contributed by atoms with Gasteiger partial charge in [0, 0.05) is 10.6 Å². The van der Waals surface area contributed by atoms with Gasteiger partial charge in [0.2, 0.25) is 5.91 Å². The fraction of sp³-hybridized carbons (Fsp3) is 0.160. The molecule has 0 aliphatic heterocycles. The normalized spacial score (nSPS) is 10.7. The van der Waals surface area contributed by atoms with Gasteiger partial charge in [-0.15, -0.1) is 22.0 Å². The van der Waals surface area contributed by atoms with Crippen molar-refractivity contribution in [2.75, 3.05) is 17.7 Å². The van der Waals surface area contributed by atoms with Crippen LogP contribution < -0.4 is 10.1 Å². The van der Waals surface area contributed by atoms with E-state index >= 15 is 0 Å². The molecule has 6 nitrogen and oxygen atoms in total. The van der Waals surface area contributed by atoms with Crippen molar-refractivity contribution < 1.29 is 9.53 Å². The van der Waals surface area contributed by atoms with Crippen molar-refractivity contribution in [3.63, 3.8) is 0 Å². The van der Waals surface area contributed by atoms with Crippen LogP contribution in [0.25, 0.3) is 5.69 Å². The number of anilines is 1. The van der Waals surface area contributed by atoms with Gasteiger partial charge in [-0.1, -0.05) is 60.3 Å². The molecule has 1 aromatic heterocycles. The lowest BCUT2D eigenvalue weighted by Crippen LogP contribution is -2.15. The summed E-state index contributed by atoms with van der Waals surface area (Å²) in [5, 5.41) is 12.4. The third-order valence-electron chi connectivity index (χ3n) is 4.62. The molecule has 1 heterocycles. The first kappa shape index (κ1) is 22.9. The van der Waals surface area contributed by atoms with E-state index in [1.54, 1.807) is 11.8 Å². The third kappa shape index (κ3) is 6.18. The highest BCUT2D eigenvalue weighted by Gasteiger charge is 2.17. The van der Waals surface area contributed by atoms with E-state index in [4.69, 9.17) is 4.74 Å². The van der Waals surface area contributed by atoms with Crippen LogP contribution in [0.1, 0.15) is 12.7 Å². The Bertz CT molecular complexity index is 1180. The molecule has 33 heavy (non-hydrogen) atoms. The Morgan fingerprint density at radius 2 is 1.61 bits per heavy atom. The number of rotatable bonds is 10. The van der Waals surface area contributed by atoms with E-state index in [0.29, 0.717) is 29.0 Å². The molecule has 0 bridgehead atoms. The molecule has 1 N–H and O–H groups in total. The van der Waals surface area contributed by atoms with E-state index in [0.717, 1.165) is 11.5 Å². The summed E-state index contributed by atoms with van der Waals surface area (Å²) >= 11 is 3.06. The molecule has 0 spiro atoms. The number of benzene rings is 3. The lowest BCUT2D eigenvalue weighted by Gasteiger charge is -2.12. The minimum absolute atomic E-state index is 0.130. The van der Waals surface area contributed by atoms with E-state index in [-0.39, 0.29) is 11.7 Å². The van der Waals surface area contributed by atoms with Crippen LogP contribution in [0.5, 0.6) is 5.75 Å². The first-order valence-electron chi connectivity index (χ1n) is 10.6. The average molecular weight is 477 g/mol. The number of para-hydroxylation sites is 3. The summed E-state index contributed by atoms with van der Waals surface area (Å²) in [5.41, 5.74) is 1.63. The number of carbonyl (C=O) groups excluding carboxylic acids is 1. The van der Waals surface area contributed by atoms with Crippen LogP contribution in [-0.4, -0.2) is 33.0 Å². The van der Waals surface area contributed by atoms with Crippen molar-refractivity contribution >= 4 is 35.1 Å². The first-order chi connectivity index (χ1) is 16.2. The van der Waals surface area contributed by atoms with Crippen LogP contribution in [0, 0.1) is 0 Å². The van der Waals surface area contributed by atoms with Gasteiger partial charge in [-0.3, -0.25) is 9.36 Å². The molecule has 0 fully saturated rings. The number of hydrogen-bond acceptors (Lipinski definition) is 6. The second-order valence-electron chi connectivity index (χ2n) is 6.94. The predicted octanol–water partition coefficient (Wildman–Crippen LogP) is 5.69. The molecule has 168 valence electrons. The molecule has 0 atom stereocenters. The molecule has 0 unspecified atom stereocenters. The largest absolute Gasteiger partial charge is 0.492 e. The van der Waals surface area contributed by atoms with Gasteiger partial charge in [0.25, 0.3) is 0 Å². The van der Waals surface area contributed by atoms with Crippen molar-refractivity contribution in [1.29, 1.82) is 0 Å². The highest BCUT2D eigenvalue weighted by atomic mass is 32.2. The molecule has 0 saturated heterocycles. The number of ether oxygens (including phenoxy) is 1. The zero-order valence-corrected chi connectivity index (χ0v) is 19.8. The van der Waals surface area contributed by atoms with Crippen LogP contribution in [0.4, 0.5) is 5.69 Å². The third-order valence-corrected chi connectivity index (χ3v) is 6.56. The number of nitrogens with zero attached hydrogens (tertiary/aromatic N) is 3. The Labute approximate surface area is 201 Å². The summed E-state index contributed by atoms with van der Waals surface area (Å²) in [6.45, 7) is 2.45. The van der Waals surface area contributed by atoms with Crippen LogP contribution in [0.3, 0.4) is 0 Å². The molecule has 4 rings (SSSR count). The summed E-state index contributed by atoms with van der Waals surface area (Å²) in [5.74, 6) is 2.23. The number of thioether (sulfide) groups is 2. The molecule has 8 heteroatoms. The molecule has 0 aliphatic carbocycles. The highest BCUT2D eigenvalue weighted by molar-refractivity contribution is 7.99. The van der Waals surface area contributed by atoms with E-state index in [2.05, 4.69) is 27.6 Å². The maximum atomic E-state index is 12.7. The number of aromatic nitrogens is 3. The molecule has 4 aromatic rings. The first-order valence-corrected chi connectivity index (χ1v) is 12.5. The van der Waals surface area contributed by atoms with Crippen LogP contribution in [0.15, 0.2) is 95.0 Å². The zero-order valence-electron chi connectivity index (χ0n) is 18.2. The molecular formula is C25H24N4O2S2. The van der Waals surface area contributed by atoms with E-state index in [1.165, 1.54) is 16.7 Å². The van der Waals surface area contributed by atoms with Gasteiger partial charge in [-0.05, 0) is 43.3 Å². The van der Waals surface area contributed by atoms with Gasteiger partial charge in [-0.25, -0.2) is 0 Å². The molecular weight excluding hydrogens is 452 g/mol.